The highest BCUT2D eigenvalue weighted by Crippen LogP contribution is 2.17. The van der Waals surface area contributed by atoms with Crippen molar-refractivity contribution in [3.05, 3.63) is 28.1 Å². The third-order valence-corrected chi connectivity index (χ3v) is 2.58. The summed E-state index contributed by atoms with van der Waals surface area (Å²) in [4.78, 5) is 4.47. The van der Waals surface area contributed by atoms with Crippen molar-refractivity contribution in [1.29, 1.82) is 0 Å². The van der Waals surface area contributed by atoms with E-state index in [0.29, 0.717) is 0 Å². The van der Waals surface area contributed by atoms with E-state index in [1.54, 1.807) is 6.20 Å². The summed E-state index contributed by atoms with van der Waals surface area (Å²) in [5.74, 6) is 0. The lowest BCUT2D eigenvalue weighted by Crippen LogP contribution is -1.98. The number of nitrogens with zero attached hydrogens (tertiary/aromatic N) is 3. The van der Waals surface area contributed by atoms with Gasteiger partial charge in [0.15, 0.2) is 5.65 Å². The SMILES string of the molecule is CCc1cc(C)n2ncc(Br)c2n1. The molecule has 2 aromatic heterocycles. The number of aryl methyl sites for hydroxylation is 2. The van der Waals surface area contributed by atoms with Gasteiger partial charge >= 0.3 is 0 Å². The molecule has 0 unspecified atom stereocenters. The topological polar surface area (TPSA) is 30.2 Å². The van der Waals surface area contributed by atoms with E-state index in [1.165, 1.54) is 0 Å². The van der Waals surface area contributed by atoms with Crippen LogP contribution in [0.4, 0.5) is 0 Å². The third-order valence-electron chi connectivity index (χ3n) is 2.02. The number of halogens is 1. The smallest absolute Gasteiger partial charge is 0.169 e. The van der Waals surface area contributed by atoms with Gasteiger partial charge in [-0.15, -0.1) is 0 Å². The predicted molar refractivity (Wildman–Crippen MR) is 54.8 cm³/mol. The highest BCUT2D eigenvalue weighted by atomic mass is 79.9. The summed E-state index contributed by atoms with van der Waals surface area (Å²) in [6, 6.07) is 2.06. The first kappa shape index (κ1) is 8.69. The normalized spacial score (nSPS) is 11.0. The quantitative estimate of drug-likeness (QED) is 0.765. The first-order valence-electron chi connectivity index (χ1n) is 4.22. The van der Waals surface area contributed by atoms with Gasteiger partial charge in [-0.25, -0.2) is 9.50 Å². The van der Waals surface area contributed by atoms with Crippen molar-refractivity contribution in [2.45, 2.75) is 20.3 Å². The van der Waals surface area contributed by atoms with Crippen LogP contribution in [-0.4, -0.2) is 14.6 Å². The molecule has 0 radical (unpaired) electrons. The van der Waals surface area contributed by atoms with Crippen LogP contribution in [0.5, 0.6) is 0 Å². The Labute approximate surface area is 84.9 Å². The van der Waals surface area contributed by atoms with Gasteiger partial charge in [0, 0.05) is 11.4 Å². The average Bonchev–Trinajstić information content (AvgIpc) is 2.48. The molecule has 2 aromatic rings. The van der Waals surface area contributed by atoms with Gasteiger partial charge in [-0.2, -0.15) is 5.10 Å². The number of fused-ring (bicyclic) bond motifs is 1. The van der Waals surface area contributed by atoms with Crippen LogP contribution < -0.4 is 0 Å². The molecule has 0 spiro atoms. The highest BCUT2D eigenvalue weighted by molar-refractivity contribution is 9.10. The number of aromatic nitrogens is 3. The minimum atomic E-state index is 0.900. The minimum absolute atomic E-state index is 0.900. The van der Waals surface area contributed by atoms with Crippen LogP contribution in [0.1, 0.15) is 18.3 Å². The van der Waals surface area contributed by atoms with E-state index in [0.717, 1.165) is 27.9 Å². The second-order valence-corrected chi connectivity index (χ2v) is 3.82. The molecule has 0 aromatic carbocycles. The Morgan fingerprint density at radius 3 is 3.00 bits per heavy atom. The summed E-state index contributed by atoms with van der Waals surface area (Å²) in [7, 11) is 0. The van der Waals surface area contributed by atoms with E-state index in [-0.39, 0.29) is 0 Å². The lowest BCUT2D eigenvalue weighted by Gasteiger charge is -2.01. The standard InChI is InChI=1S/C9H10BrN3/c1-3-7-4-6(2)13-9(12-7)8(10)5-11-13/h4-5H,3H2,1-2H3. The second kappa shape index (κ2) is 3.10. The van der Waals surface area contributed by atoms with Crippen molar-refractivity contribution in [3.8, 4) is 0 Å². The minimum Gasteiger partial charge on any atom is -0.233 e. The van der Waals surface area contributed by atoms with Crippen molar-refractivity contribution < 1.29 is 0 Å². The molecule has 0 bridgehead atoms. The van der Waals surface area contributed by atoms with Crippen molar-refractivity contribution in [3.63, 3.8) is 0 Å². The Balaban J connectivity index is 2.80. The van der Waals surface area contributed by atoms with Crippen LogP contribution in [0.3, 0.4) is 0 Å². The summed E-state index contributed by atoms with van der Waals surface area (Å²) in [6.07, 6.45) is 2.73. The number of hydrogen-bond donors (Lipinski definition) is 0. The summed E-state index contributed by atoms with van der Waals surface area (Å²) in [5.41, 5.74) is 3.12. The van der Waals surface area contributed by atoms with Crippen LogP contribution in [0, 0.1) is 6.92 Å². The van der Waals surface area contributed by atoms with E-state index in [1.807, 2.05) is 11.4 Å². The Bertz CT molecular complexity index is 447. The zero-order valence-corrected chi connectivity index (χ0v) is 9.17. The van der Waals surface area contributed by atoms with E-state index < -0.39 is 0 Å². The third kappa shape index (κ3) is 1.35. The summed E-state index contributed by atoms with van der Waals surface area (Å²) in [6.45, 7) is 4.13. The van der Waals surface area contributed by atoms with Gasteiger partial charge in [-0.3, -0.25) is 0 Å². The molecule has 2 rings (SSSR count). The Morgan fingerprint density at radius 1 is 1.54 bits per heavy atom. The van der Waals surface area contributed by atoms with E-state index >= 15 is 0 Å². The molecule has 3 nitrogen and oxygen atoms in total. The van der Waals surface area contributed by atoms with Crippen molar-refractivity contribution in [1.82, 2.24) is 14.6 Å². The summed E-state index contributed by atoms with van der Waals surface area (Å²) < 4.78 is 2.79. The average molecular weight is 240 g/mol. The molecular weight excluding hydrogens is 230 g/mol. The number of rotatable bonds is 1. The molecule has 4 heteroatoms. The van der Waals surface area contributed by atoms with Gasteiger partial charge in [0.05, 0.1) is 10.7 Å². The van der Waals surface area contributed by atoms with Crippen LogP contribution in [0.25, 0.3) is 5.65 Å². The first-order valence-corrected chi connectivity index (χ1v) is 5.01. The molecule has 68 valence electrons. The van der Waals surface area contributed by atoms with Gasteiger partial charge in [0.25, 0.3) is 0 Å². The molecule has 0 fully saturated rings. The van der Waals surface area contributed by atoms with Gasteiger partial charge in [-0.05, 0) is 35.3 Å². The van der Waals surface area contributed by atoms with Gasteiger partial charge in [0.1, 0.15) is 0 Å². The van der Waals surface area contributed by atoms with E-state index in [2.05, 4.69) is 39.0 Å². The van der Waals surface area contributed by atoms with Crippen LogP contribution in [-0.2, 0) is 6.42 Å². The zero-order chi connectivity index (χ0) is 9.42. The maximum Gasteiger partial charge on any atom is 0.169 e. The summed E-state index contributed by atoms with van der Waals surface area (Å²) >= 11 is 3.42. The van der Waals surface area contributed by atoms with Crippen molar-refractivity contribution >= 4 is 21.6 Å². The van der Waals surface area contributed by atoms with Crippen LogP contribution in [0.2, 0.25) is 0 Å². The molecule has 0 aliphatic rings. The van der Waals surface area contributed by atoms with E-state index in [4.69, 9.17) is 0 Å². The number of hydrogen-bond acceptors (Lipinski definition) is 2. The Kier molecular flexibility index (Phi) is 2.07. The first-order chi connectivity index (χ1) is 6.22. The molecule has 2 heterocycles. The second-order valence-electron chi connectivity index (χ2n) is 2.97. The Hall–Kier alpha value is -0.900. The molecule has 0 aliphatic carbocycles. The molecule has 13 heavy (non-hydrogen) atoms. The highest BCUT2D eigenvalue weighted by Gasteiger charge is 2.05. The van der Waals surface area contributed by atoms with Crippen molar-refractivity contribution in [2.24, 2.45) is 0 Å². The monoisotopic (exact) mass is 239 g/mol. The predicted octanol–water partition coefficient (Wildman–Crippen LogP) is 2.36. The maximum atomic E-state index is 4.47. The zero-order valence-electron chi connectivity index (χ0n) is 7.58. The Morgan fingerprint density at radius 2 is 2.31 bits per heavy atom. The molecule has 0 aliphatic heterocycles. The maximum absolute atomic E-state index is 4.47. The van der Waals surface area contributed by atoms with Gasteiger partial charge in [0.2, 0.25) is 0 Å². The fourth-order valence-electron chi connectivity index (χ4n) is 1.33. The molecule has 0 saturated carbocycles. The van der Waals surface area contributed by atoms with Crippen LogP contribution in [0.15, 0.2) is 16.7 Å². The lowest BCUT2D eigenvalue weighted by atomic mass is 10.3. The van der Waals surface area contributed by atoms with Crippen LogP contribution >= 0.6 is 15.9 Å². The molecule has 0 atom stereocenters. The molecule has 0 amide bonds. The van der Waals surface area contributed by atoms with Crippen molar-refractivity contribution in [2.75, 3.05) is 0 Å². The fourth-order valence-corrected chi connectivity index (χ4v) is 1.68. The molecule has 0 N–H and O–H groups in total. The molecule has 0 saturated heterocycles. The fraction of sp³-hybridized carbons (Fsp3) is 0.333. The summed E-state index contributed by atoms with van der Waals surface area (Å²) in [5, 5.41) is 4.20. The molecular formula is C9H10BrN3. The largest absolute Gasteiger partial charge is 0.233 e. The van der Waals surface area contributed by atoms with Gasteiger partial charge < -0.3 is 0 Å². The van der Waals surface area contributed by atoms with Gasteiger partial charge in [-0.1, -0.05) is 6.92 Å². The van der Waals surface area contributed by atoms with E-state index in [9.17, 15) is 0 Å². The lowest BCUT2D eigenvalue weighted by molar-refractivity contribution is 0.872.